The van der Waals surface area contributed by atoms with E-state index in [0.29, 0.717) is 16.4 Å². The van der Waals surface area contributed by atoms with Crippen LogP contribution in [0.5, 0.6) is 0 Å². The lowest BCUT2D eigenvalue weighted by atomic mass is 10.2. The first kappa shape index (κ1) is 17.1. The van der Waals surface area contributed by atoms with Crippen molar-refractivity contribution in [2.75, 3.05) is 5.32 Å². The summed E-state index contributed by atoms with van der Waals surface area (Å²) in [6, 6.07) is 6.86. The van der Waals surface area contributed by atoms with E-state index < -0.39 is 14.9 Å². The number of aromatic nitrogens is 2. The molecule has 130 valence electrons. The van der Waals surface area contributed by atoms with Crippen molar-refractivity contribution in [1.82, 2.24) is 9.38 Å². The molecule has 0 aliphatic heterocycles. The summed E-state index contributed by atoms with van der Waals surface area (Å²) in [7, 11) is -4.13. The number of benzene rings is 1. The number of imidazole rings is 1. The fraction of sp³-hybridized carbons (Fsp3) is 0.0714. The van der Waals surface area contributed by atoms with Crippen LogP contribution < -0.4 is 10.5 Å². The van der Waals surface area contributed by atoms with Gasteiger partial charge in [-0.2, -0.15) is 0 Å². The maximum Gasteiger partial charge on any atom is 0.270 e. The van der Waals surface area contributed by atoms with Crippen molar-refractivity contribution < 1.29 is 13.3 Å². The number of sulfonamides is 1. The molecule has 0 spiro atoms. The topological polar surface area (TPSA) is 133 Å². The van der Waals surface area contributed by atoms with Gasteiger partial charge in [-0.05, 0) is 18.2 Å². The zero-order valence-corrected chi connectivity index (χ0v) is 14.2. The molecule has 0 unspecified atom stereocenters. The summed E-state index contributed by atoms with van der Waals surface area (Å²) in [4.78, 5) is 14.1. The van der Waals surface area contributed by atoms with Crippen molar-refractivity contribution in [3.8, 4) is 0 Å². The molecule has 3 aromatic rings. The first-order valence-electron chi connectivity index (χ1n) is 6.92. The summed E-state index contributed by atoms with van der Waals surface area (Å²) in [6.45, 7) is 0.194. The van der Waals surface area contributed by atoms with Crippen LogP contribution in [0.2, 0.25) is 5.02 Å². The number of anilines is 1. The number of hydrogen-bond donors (Lipinski definition) is 2. The molecule has 0 saturated carbocycles. The lowest BCUT2D eigenvalue weighted by Gasteiger charge is -2.09. The van der Waals surface area contributed by atoms with Gasteiger partial charge in [-0.25, -0.2) is 18.5 Å². The average Bonchev–Trinajstić information content (AvgIpc) is 2.93. The molecule has 3 N–H and O–H groups in total. The third kappa shape index (κ3) is 3.71. The summed E-state index contributed by atoms with van der Waals surface area (Å²) < 4.78 is 25.1. The van der Waals surface area contributed by atoms with Crippen molar-refractivity contribution in [3.05, 3.63) is 63.6 Å². The van der Waals surface area contributed by atoms with E-state index in [1.165, 1.54) is 12.1 Å². The minimum absolute atomic E-state index is 0.156. The van der Waals surface area contributed by atoms with E-state index >= 15 is 0 Å². The largest absolute Gasteiger partial charge is 0.378 e. The Balaban J connectivity index is 1.90. The van der Waals surface area contributed by atoms with E-state index in [1.807, 2.05) is 0 Å². The van der Waals surface area contributed by atoms with E-state index in [1.54, 1.807) is 28.9 Å². The minimum atomic E-state index is -4.13. The number of fused-ring (bicyclic) bond motifs is 1. The van der Waals surface area contributed by atoms with Gasteiger partial charge in [0, 0.05) is 24.5 Å². The number of rotatable bonds is 5. The van der Waals surface area contributed by atoms with Crippen LogP contribution in [-0.4, -0.2) is 22.7 Å². The van der Waals surface area contributed by atoms with Crippen LogP contribution in [-0.2, 0) is 16.6 Å². The van der Waals surface area contributed by atoms with Gasteiger partial charge in [0.2, 0.25) is 10.0 Å². The van der Waals surface area contributed by atoms with Gasteiger partial charge in [-0.15, -0.1) is 0 Å². The number of nitro benzene ring substituents is 1. The molecule has 0 atom stereocenters. The molecule has 1 aromatic carbocycles. The summed E-state index contributed by atoms with van der Waals surface area (Å²) in [5.41, 5.74) is 1.10. The van der Waals surface area contributed by atoms with Crippen molar-refractivity contribution >= 4 is 38.6 Å². The molecule has 2 aromatic heterocycles. The predicted octanol–water partition coefficient (Wildman–Crippen LogP) is 2.16. The van der Waals surface area contributed by atoms with Gasteiger partial charge in [-0.1, -0.05) is 11.6 Å². The Labute approximate surface area is 147 Å². The van der Waals surface area contributed by atoms with Crippen LogP contribution in [0.4, 0.5) is 11.4 Å². The molecule has 0 fully saturated rings. The molecule has 0 radical (unpaired) electrons. The smallest absolute Gasteiger partial charge is 0.270 e. The lowest BCUT2D eigenvalue weighted by Crippen LogP contribution is -2.15. The molecule has 11 heteroatoms. The number of halogens is 1. The first-order chi connectivity index (χ1) is 11.7. The van der Waals surface area contributed by atoms with E-state index in [-0.39, 0.29) is 22.8 Å². The standard InChI is InChI=1S/C14H12ClN5O4S/c15-9-1-4-14-18-10(8-19(14)7-9)6-17-12-3-2-11(20(21)22)5-13(12)25(16,23)24/h1-5,7-8,17H,6H2,(H2,16,23,24). The van der Waals surface area contributed by atoms with Crippen molar-refractivity contribution in [2.24, 2.45) is 5.14 Å². The van der Waals surface area contributed by atoms with Gasteiger partial charge in [0.25, 0.3) is 5.69 Å². The highest BCUT2D eigenvalue weighted by atomic mass is 35.5. The molecule has 0 aliphatic carbocycles. The van der Waals surface area contributed by atoms with E-state index in [9.17, 15) is 18.5 Å². The highest BCUT2D eigenvalue weighted by molar-refractivity contribution is 7.89. The third-order valence-corrected chi connectivity index (χ3v) is 4.58. The zero-order valence-electron chi connectivity index (χ0n) is 12.6. The van der Waals surface area contributed by atoms with E-state index in [0.717, 1.165) is 6.07 Å². The van der Waals surface area contributed by atoms with E-state index in [4.69, 9.17) is 16.7 Å². The quantitative estimate of drug-likeness (QED) is 0.514. The van der Waals surface area contributed by atoms with Crippen LogP contribution in [0.25, 0.3) is 5.65 Å². The Hall–Kier alpha value is -2.69. The van der Waals surface area contributed by atoms with Gasteiger partial charge in [-0.3, -0.25) is 10.1 Å². The molecule has 2 heterocycles. The number of nitrogens with two attached hydrogens (primary N) is 1. The molecule has 0 bridgehead atoms. The molecular formula is C14H12ClN5O4S. The molecule has 3 rings (SSSR count). The second-order valence-electron chi connectivity index (χ2n) is 5.18. The Morgan fingerprint density at radius 3 is 2.72 bits per heavy atom. The monoisotopic (exact) mass is 381 g/mol. The maximum atomic E-state index is 11.7. The van der Waals surface area contributed by atoms with Crippen LogP contribution >= 0.6 is 11.6 Å². The van der Waals surface area contributed by atoms with Gasteiger partial charge < -0.3 is 9.72 Å². The number of nitro groups is 1. The number of nitrogens with zero attached hydrogens (tertiary/aromatic N) is 3. The number of pyridine rings is 1. The molecule has 0 amide bonds. The molecule has 0 saturated heterocycles. The number of nitrogens with one attached hydrogen (secondary N) is 1. The lowest BCUT2D eigenvalue weighted by molar-refractivity contribution is -0.385. The van der Waals surface area contributed by atoms with Gasteiger partial charge in [0.1, 0.15) is 10.5 Å². The van der Waals surface area contributed by atoms with Crippen LogP contribution in [0.15, 0.2) is 47.6 Å². The Bertz CT molecular complexity index is 1080. The number of non-ortho nitro benzene ring substituents is 1. The van der Waals surface area contributed by atoms with Gasteiger partial charge in [0.15, 0.2) is 0 Å². The maximum absolute atomic E-state index is 11.7. The summed E-state index contributed by atoms with van der Waals surface area (Å²) >= 11 is 5.91. The Kier molecular flexibility index (Phi) is 4.33. The molecule has 0 aliphatic rings. The van der Waals surface area contributed by atoms with Crippen molar-refractivity contribution in [2.45, 2.75) is 11.4 Å². The second-order valence-corrected chi connectivity index (χ2v) is 7.15. The van der Waals surface area contributed by atoms with Crippen LogP contribution in [0.3, 0.4) is 0 Å². The normalized spacial score (nSPS) is 11.6. The van der Waals surface area contributed by atoms with Crippen molar-refractivity contribution in [3.63, 3.8) is 0 Å². The predicted molar refractivity (Wildman–Crippen MR) is 92.0 cm³/mol. The third-order valence-electron chi connectivity index (χ3n) is 3.41. The fourth-order valence-electron chi connectivity index (χ4n) is 2.29. The average molecular weight is 382 g/mol. The summed E-state index contributed by atoms with van der Waals surface area (Å²) in [5, 5.41) is 19.4. The van der Waals surface area contributed by atoms with E-state index in [2.05, 4.69) is 10.3 Å². The SMILES string of the molecule is NS(=O)(=O)c1cc([N+](=O)[O-])ccc1NCc1cn2cc(Cl)ccc2n1. The highest BCUT2D eigenvalue weighted by Crippen LogP contribution is 2.26. The van der Waals surface area contributed by atoms with Gasteiger partial charge in [0.05, 0.1) is 27.9 Å². The second kappa shape index (κ2) is 6.31. The molecular weight excluding hydrogens is 370 g/mol. The van der Waals surface area contributed by atoms with Crippen molar-refractivity contribution in [1.29, 1.82) is 0 Å². The zero-order chi connectivity index (χ0) is 18.2. The Morgan fingerprint density at radius 1 is 1.28 bits per heavy atom. The molecule has 9 nitrogen and oxygen atoms in total. The highest BCUT2D eigenvalue weighted by Gasteiger charge is 2.19. The number of hydrogen-bond acceptors (Lipinski definition) is 6. The summed E-state index contributed by atoms with van der Waals surface area (Å²) in [6.07, 6.45) is 3.42. The first-order valence-corrected chi connectivity index (χ1v) is 8.85. The van der Waals surface area contributed by atoms with Gasteiger partial charge >= 0.3 is 0 Å². The fourth-order valence-corrected chi connectivity index (χ4v) is 3.19. The Morgan fingerprint density at radius 2 is 2.04 bits per heavy atom. The van der Waals surface area contributed by atoms with Crippen LogP contribution in [0, 0.1) is 10.1 Å². The minimum Gasteiger partial charge on any atom is -0.378 e. The summed E-state index contributed by atoms with van der Waals surface area (Å²) in [5.74, 6) is 0. The number of primary sulfonamides is 1. The molecule has 25 heavy (non-hydrogen) atoms. The van der Waals surface area contributed by atoms with Crippen LogP contribution in [0.1, 0.15) is 5.69 Å².